The van der Waals surface area contributed by atoms with Crippen molar-refractivity contribution in [1.29, 1.82) is 0 Å². The molecular weight excluding hydrogens is 328 g/mol. The summed E-state index contributed by atoms with van der Waals surface area (Å²) in [6.07, 6.45) is 3.02. The zero-order valence-electron chi connectivity index (χ0n) is 12.9. The highest BCUT2D eigenvalue weighted by molar-refractivity contribution is 7.17. The smallest absolute Gasteiger partial charge is 0.251 e. The Labute approximate surface area is 142 Å². The first-order chi connectivity index (χ1) is 11.6. The summed E-state index contributed by atoms with van der Waals surface area (Å²) in [4.78, 5) is 25.3. The fraction of sp³-hybridized carbons (Fsp3) is 0.294. The topological polar surface area (TPSA) is 90.7 Å². The Kier molecular flexibility index (Phi) is 3.65. The average molecular weight is 344 g/mol. The standard InChI is InChI=1S/C17H16N2O4S/c18-16(21)15-10-2-1-3-13(10)24-17(15)19-14(20)7-9-4-5-11-12(6-9)23-8-22-11/h4-6H,1-3,7-8H2,(H2,18,21)(H,19,20). The first-order valence-electron chi connectivity index (χ1n) is 7.74. The number of anilines is 1. The van der Waals surface area contributed by atoms with E-state index in [0.717, 1.165) is 35.3 Å². The number of carbonyl (C=O) groups excluding carboxylic acids is 2. The van der Waals surface area contributed by atoms with E-state index in [2.05, 4.69) is 5.32 Å². The quantitative estimate of drug-likeness (QED) is 0.890. The van der Waals surface area contributed by atoms with Crippen molar-refractivity contribution in [3.05, 3.63) is 39.8 Å². The molecule has 3 N–H and O–H groups in total. The first kappa shape index (κ1) is 15.0. The molecule has 0 radical (unpaired) electrons. The molecule has 0 saturated heterocycles. The number of nitrogens with one attached hydrogen (secondary N) is 1. The minimum atomic E-state index is -0.479. The van der Waals surface area contributed by atoms with Crippen LogP contribution in [0.3, 0.4) is 0 Å². The fourth-order valence-electron chi connectivity index (χ4n) is 3.16. The number of thiophene rings is 1. The lowest BCUT2D eigenvalue weighted by Gasteiger charge is -2.07. The molecule has 1 aromatic carbocycles. The Morgan fingerprint density at radius 1 is 1.21 bits per heavy atom. The molecule has 0 saturated carbocycles. The van der Waals surface area contributed by atoms with Crippen LogP contribution in [-0.4, -0.2) is 18.6 Å². The van der Waals surface area contributed by atoms with Crippen molar-refractivity contribution in [3.8, 4) is 11.5 Å². The number of rotatable bonds is 4. The predicted molar refractivity (Wildman–Crippen MR) is 89.8 cm³/mol. The SMILES string of the molecule is NC(=O)c1c(NC(=O)Cc2ccc3c(c2)OCO3)sc2c1CCC2. The molecule has 2 amide bonds. The van der Waals surface area contributed by atoms with Crippen molar-refractivity contribution in [2.75, 3.05) is 12.1 Å². The lowest BCUT2D eigenvalue weighted by atomic mass is 10.1. The second-order valence-corrected chi connectivity index (χ2v) is 6.94. The highest BCUT2D eigenvalue weighted by Gasteiger charge is 2.26. The zero-order chi connectivity index (χ0) is 16.7. The summed E-state index contributed by atoms with van der Waals surface area (Å²) >= 11 is 1.46. The van der Waals surface area contributed by atoms with Crippen LogP contribution >= 0.6 is 11.3 Å². The van der Waals surface area contributed by atoms with E-state index in [1.807, 2.05) is 6.07 Å². The Morgan fingerprint density at radius 2 is 2.04 bits per heavy atom. The normalized spacial score (nSPS) is 14.5. The Morgan fingerprint density at radius 3 is 2.88 bits per heavy atom. The third-order valence-corrected chi connectivity index (χ3v) is 5.43. The molecule has 4 rings (SSSR count). The zero-order valence-corrected chi connectivity index (χ0v) is 13.7. The van der Waals surface area contributed by atoms with Gasteiger partial charge in [0.15, 0.2) is 11.5 Å². The molecule has 2 heterocycles. The van der Waals surface area contributed by atoms with Gasteiger partial charge in [-0.05, 0) is 42.5 Å². The summed E-state index contributed by atoms with van der Waals surface area (Å²) in [5.41, 5.74) is 7.81. The van der Waals surface area contributed by atoms with Gasteiger partial charge < -0.3 is 20.5 Å². The van der Waals surface area contributed by atoms with Crippen molar-refractivity contribution in [1.82, 2.24) is 0 Å². The lowest BCUT2D eigenvalue weighted by Crippen LogP contribution is -2.19. The van der Waals surface area contributed by atoms with E-state index in [9.17, 15) is 9.59 Å². The second kappa shape index (κ2) is 5.83. The number of hydrogen-bond donors (Lipinski definition) is 2. The van der Waals surface area contributed by atoms with Crippen molar-refractivity contribution >= 4 is 28.2 Å². The summed E-state index contributed by atoms with van der Waals surface area (Å²) in [5.74, 6) is 0.669. The molecule has 24 heavy (non-hydrogen) atoms. The van der Waals surface area contributed by atoms with Gasteiger partial charge in [0.25, 0.3) is 5.91 Å². The van der Waals surface area contributed by atoms with E-state index in [1.165, 1.54) is 11.3 Å². The van der Waals surface area contributed by atoms with Crippen LogP contribution in [0.4, 0.5) is 5.00 Å². The maximum atomic E-state index is 12.4. The van der Waals surface area contributed by atoms with Crippen LogP contribution in [0, 0.1) is 0 Å². The van der Waals surface area contributed by atoms with Gasteiger partial charge in [0.05, 0.1) is 12.0 Å². The number of aryl methyl sites for hydroxylation is 1. The molecule has 1 aromatic heterocycles. The molecular formula is C17H16N2O4S. The van der Waals surface area contributed by atoms with E-state index in [1.54, 1.807) is 12.1 Å². The minimum absolute atomic E-state index is 0.184. The van der Waals surface area contributed by atoms with Crippen LogP contribution < -0.4 is 20.5 Å². The Hall–Kier alpha value is -2.54. The molecule has 2 aromatic rings. The van der Waals surface area contributed by atoms with Gasteiger partial charge in [-0.3, -0.25) is 9.59 Å². The molecule has 7 heteroatoms. The highest BCUT2D eigenvalue weighted by atomic mass is 32.1. The van der Waals surface area contributed by atoms with Crippen LogP contribution in [-0.2, 0) is 24.1 Å². The van der Waals surface area contributed by atoms with Crippen molar-refractivity contribution < 1.29 is 19.1 Å². The third-order valence-electron chi connectivity index (χ3n) is 4.22. The summed E-state index contributed by atoms with van der Waals surface area (Å²) in [7, 11) is 0. The van der Waals surface area contributed by atoms with Crippen LogP contribution in [0.15, 0.2) is 18.2 Å². The van der Waals surface area contributed by atoms with E-state index >= 15 is 0 Å². The minimum Gasteiger partial charge on any atom is -0.454 e. The van der Waals surface area contributed by atoms with Crippen LogP contribution in [0.2, 0.25) is 0 Å². The summed E-state index contributed by atoms with van der Waals surface area (Å²) in [6.45, 7) is 0.202. The van der Waals surface area contributed by atoms with Gasteiger partial charge in [-0.25, -0.2) is 0 Å². The molecule has 0 fully saturated rings. The van der Waals surface area contributed by atoms with Gasteiger partial charge in [0.1, 0.15) is 5.00 Å². The first-order valence-corrected chi connectivity index (χ1v) is 8.56. The van der Waals surface area contributed by atoms with Gasteiger partial charge in [0, 0.05) is 4.88 Å². The number of primary amides is 1. The van der Waals surface area contributed by atoms with E-state index in [-0.39, 0.29) is 19.1 Å². The second-order valence-electron chi connectivity index (χ2n) is 5.84. The van der Waals surface area contributed by atoms with Crippen molar-refractivity contribution in [3.63, 3.8) is 0 Å². The van der Waals surface area contributed by atoms with Gasteiger partial charge in [0.2, 0.25) is 12.7 Å². The molecule has 0 bridgehead atoms. The number of fused-ring (bicyclic) bond motifs is 2. The summed E-state index contributed by atoms with van der Waals surface area (Å²) < 4.78 is 10.6. The maximum Gasteiger partial charge on any atom is 0.251 e. The fourth-order valence-corrected chi connectivity index (χ4v) is 4.47. The highest BCUT2D eigenvalue weighted by Crippen LogP contribution is 2.39. The van der Waals surface area contributed by atoms with Crippen molar-refractivity contribution in [2.45, 2.75) is 25.7 Å². The maximum absolute atomic E-state index is 12.4. The monoisotopic (exact) mass is 344 g/mol. The predicted octanol–water partition coefficient (Wildman–Crippen LogP) is 2.25. The van der Waals surface area contributed by atoms with Gasteiger partial charge in [-0.15, -0.1) is 11.3 Å². The number of benzene rings is 1. The van der Waals surface area contributed by atoms with Crippen LogP contribution in [0.25, 0.3) is 0 Å². The summed E-state index contributed by atoms with van der Waals surface area (Å²) in [5, 5.41) is 3.41. The molecule has 1 aliphatic heterocycles. The number of nitrogens with two attached hydrogens (primary N) is 1. The molecule has 0 atom stereocenters. The lowest BCUT2D eigenvalue weighted by molar-refractivity contribution is -0.115. The molecule has 1 aliphatic carbocycles. The van der Waals surface area contributed by atoms with E-state index < -0.39 is 5.91 Å². The number of hydrogen-bond acceptors (Lipinski definition) is 5. The number of amides is 2. The van der Waals surface area contributed by atoms with Gasteiger partial charge >= 0.3 is 0 Å². The molecule has 2 aliphatic rings. The molecule has 124 valence electrons. The number of ether oxygens (including phenoxy) is 2. The molecule has 0 unspecified atom stereocenters. The van der Waals surface area contributed by atoms with E-state index in [4.69, 9.17) is 15.2 Å². The molecule has 6 nitrogen and oxygen atoms in total. The van der Waals surface area contributed by atoms with Crippen LogP contribution in [0.1, 0.15) is 32.8 Å². The third kappa shape index (κ3) is 2.60. The van der Waals surface area contributed by atoms with Crippen molar-refractivity contribution in [2.24, 2.45) is 5.73 Å². The largest absolute Gasteiger partial charge is 0.454 e. The molecule has 0 spiro atoms. The van der Waals surface area contributed by atoms with Gasteiger partial charge in [-0.2, -0.15) is 0 Å². The number of carbonyl (C=O) groups is 2. The average Bonchev–Trinajstić information content (AvgIpc) is 3.20. The Bertz CT molecular complexity index is 843. The van der Waals surface area contributed by atoms with Crippen LogP contribution in [0.5, 0.6) is 11.5 Å². The summed E-state index contributed by atoms with van der Waals surface area (Å²) in [6, 6.07) is 5.42. The van der Waals surface area contributed by atoms with Gasteiger partial charge in [-0.1, -0.05) is 6.07 Å². The van der Waals surface area contributed by atoms with E-state index in [0.29, 0.717) is 22.1 Å². The Balaban J connectivity index is 1.52.